The minimum absolute atomic E-state index is 0.160. The number of hydrogen-bond acceptors (Lipinski definition) is 6. The summed E-state index contributed by atoms with van der Waals surface area (Å²) in [7, 11) is 0. The number of carbonyl (C=O) groups is 2. The number of aliphatic hydroxyl groups excluding tert-OH is 1. The number of carbonyl (C=O) groups excluding carboxylic acids is 2. The van der Waals surface area contributed by atoms with E-state index in [0.717, 1.165) is 11.1 Å². The van der Waals surface area contributed by atoms with Crippen LogP contribution in [0.3, 0.4) is 0 Å². The predicted molar refractivity (Wildman–Crippen MR) is 161 cm³/mol. The van der Waals surface area contributed by atoms with Crippen LogP contribution < -0.4 is 15.8 Å². The van der Waals surface area contributed by atoms with Gasteiger partial charge in [0.05, 0.1) is 23.6 Å². The van der Waals surface area contributed by atoms with E-state index in [9.17, 15) is 19.1 Å². The summed E-state index contributed by atoms with van der Waals surface area (Å²) < 4.78 is 25.7. The Hall–Kier alpha value is -5.02. The normalized spacial score (nSPS) is 11.2. The Morgan fingerprint density at radius 1 is 1.02 bits per heavy atom. The van der Waals surface area contributed by atoms with Crippen molar-refractivity contribution in [1.29, 1.82) is 0 Å². The second-order valence-corrected chi connectivity index (χ2v) is 10.7. The Bertz CT molecular complexity index is 1780. The average molecular weight is 582 g/mol. The molecule has 5 aromatic rings. The fourth-order valence-electron chi connectivity index (χ4n) is 4.77. The van der Waals surface area contributed by atoms with Gasteiger partial charge in [0.15, 0.2) is 0 Å². The molecule has 2 heterocycles. The molecule has 9 heteroatoms. The molecular formula is C34H32FN3O5. The fraction of sp³-hybridized carbons (Fsp3) is 0.206. The molecule has 0 radical (unpaired) electrons. The minimum atomic E-state index is -0.666. The number of furan rings is 1. The molecule has 0 saturated carbocycles. The lowest BCUT2D eigenvalue weighted by atomic mass is 9.98. The average Bonchev–Trinajstić information content (AvgIpc) is 3.39. The Morgan fingerprint density at radius 2 is 1.79 bits per heavy atom. The first kappa shape index (κ1) is 29.5. The van der Waals surface area contributed by atoms with Crippen molar-refractivity contribution < 1.29 is 28.2 Å². The molecule has 5 rings (SSSR count). The number of nitrogens with two attached hydrogens (primary N) is 1. The van der Waals surface area contributed by atoms with Crippen LogP contribution in [-0.4, -0.2) is 28.4 Å². The van der Waals surface area contributed by atoms with Crippen molar-refractivity contribution in [2.75, 3.05) is 6.54 Å². The van der Waals surface area contributed by atoms with Crippen molar-refractivity contribution >= 4 is 22.8 Å². The van der Waals surface area contributed by atoms with Crippen molar-refractivity contribution in [1.82, 2.24) is 10.3 Å². The highest BCUT2D eigenvalue weighted by molar-refractivity contribution is 6.10. The predicted octanol–water partition coefficient (Wildman–Crippen LogP) is 5.78. The van der Waals surface area contributed by atoms with Crippen molar-refractivity contribution in [2.24, 2.45) is 11.7 Å². The number of benzene rings is 3. The van der Waals surface area contributed by atoms with Crippen LogP contribution in [0.15, 0.2) is 83.3 Å². The van der Waals surface area contributed by atoms with Gasteiger partial charge in [0.2, 0.25) is 0 Å². The first-order chi connectivity index (χ1) is 20.7. The summed E-state index contributed by atoms with van der Waals surface area (Å²) in [6.45, 7) is 4.58. The van der Waals surface area contributed by atoms with Crippen LogP contribution in [0.5, 0.6) is 5.75 Å². The quantitative estimate of drug-likeness (QED) is 0.181. The van der Waals surface area contributed by atoms with Gasteiger partial charge in [-0.25, -0.2) is 4.39 Å². The van der Waals surface area contributed by atoms with Crippen LogP contribution in [0.4, 0.5) is 4.39 Å². The van der Waals surface area contributed by atoms with E-state index >= 15 is 0 Å². The van der Waals surface area contributed by atoms with Crippen LogP contribution in [-0.2, 0) is 19.6 Å². The molecule has 2 aromatic heterocycles. The second kappa shape index (κ2) is 12.9. The zero-order valence-corrected chi connectivity index (χ0v) is 23.9. The molecule has 0 unspecified atom stereocenters. The highest BCUT2D eigenvalue weighted by atomic mass is 19.1. The molecule has 43 heavy (non-hydrogen) atoms. The summed E-state index contributed by atoms with van der Waals surface area (Å²) in [6.07, 6.45) is 0.371. The highest BCUT2D eigenvalue weighted by Crippen LogP contribution is 2.35. The zero-order chi connectivity index (χ0) is 30.5. The van der Waals surface area contributed by atoms with Crippen molar-refractivity contribution in [3.63, 3.8) is 0 Å². The molecule has 2 amide bonds. The Labute approximate surface area is 248 Å². The van der Waals surface area contributed by atoms with Gasteiger partial charge in [-0.05, 0) is 83.8 Å². The summed E-state index contributed by atoms with van der Waals surface area (Å²) in [5.74, 6) is -0.132. The third kappa shape index (κ3) is 6.90. The summed E-state index contributed by atoms with van der Waals surface area (Å²) in [5, 5.41) is 12.9. The summed E-state index contributed by atoms with van der Waals surface area (Å²) >= 11 is 0. The molecule has 220 valence electrons. The maximum atomic E-state index is 13.5. The smallest absolute Gasteiger partial charge is 0.253 e. The van der Waals surface area contributed by atoms with Crippen LogP contribution in [0.2, 0.25) is 0 Å². The number of ether oxygens (including phenoxy) is 1. The number of pyridine rings is 1. The van der Waals surface area contributed by atoms with Crippen molar-refractivity contribution in [3.8, 4) is 17.1 Å². The van der Waals surface area contributed by atoms with Gasteiger partial charge in [-0.2, -0.15) is 0 Å². The van der Waals surface area contributed by atoms with Crippen LogP contribution >= 0.6 is 0 Å². The van der Waals surface area contributed by atoms with Crippen LogP contribution in [0.25, 0.3) is 22.3 Å². The maximum absolute atomic E-state index is 13.5. The third-order valence-corrected chi connectivity index (χ3v) is 6.90. The molecule has 0 saturated heterocycles. The molecule has 0 aliphatic heterocycles. The van der Waals surface area contributed by atoms with Gasteiger partial charge in [0.1, 0.15) is 29.5 Å². The van der Waals surface area contributed by atoms with E-state index < -0.39 is 11.7 Å². The SMILES string of the molecule is CC(C)CNC(=O)c1ccc(OCc2cccc(CO)n2)c(Cc2ccc3oc(-c4ccc(F)cc4)c(C(N)=O)c3c2)c1. The number of fused-ring (bicyclic) bond motifs is 1. The first-order valence-electron chi connectivity index (χ1n) is 13.9. The summed E-state index contributed by atoms with van der Waals surface area (Å²) in [6, 6.07) is 21.7. The lowest BCUT2D eigenvalue weighted by Crippen LogP contribution is -2.27. The highest BCUT2D eigenvalue weighted by Gasteiger charge is 2.21. The molecule has 4 N–H and O–H groups in total. The Balaban J connectivity index is 1.50. The largest absolute Gasteiger partial charge is 0.487 e. The van der Waals surface area contributed by atoms with Gasteiger partial charge in [-0.3, -0.25) is 14.6 Å². The monoisotopic (exact) mass is 581 g/mol. The molecule has 0 aliphatic carbocycles. The van der Waals surface area contributed by atoms with E-state index in [2.05, 4.69) is 10.3 Å². The van der Waals surface area contributed by atoms with E-state index in [-0.39, 0.29) is 30.4 Å². The number of nitrogens with zero attached hydrogens (tertiary/aromatic N) is 1. The van der Waals surface area contributed by atoms with Crippen molar-refractivity contribution in [3.05, 3.63) is 118 Å². The lowest BCUT2D eigenvalue weighted by Gasteiger charge is -2.14. The molecule has 0 spiro atoms. The number of aromatic nitrogens is 1. The van der Waals surface area contributed by atoms with Gasteiger partial charge in [-0.15, -0.1) is 0 Å². The molecule has 3 aromatic carbocycles. The number of nitrogens with one attached hydrogen (secondary N) is 1. The van der Waals surface area contributed by atoms with Gasteiger partial charge >= 0.3 is 0 Å². The van der Waals surface area contributed by atoms with Gasteiger partial charge in [0.25, 0.3) is 11.8 Å². The Morgan fingerprint density at radius 3 is 2.51 bits per heavy atom. The van der Waals surface area contributed by atoms with Gasteiger partial charge < -0.3 is 25.3 Å². The van der Waals surface area contributed by atoms with Gasteiger partial charge in [0, 0.05) is 29.5 Å². The number of halogens is 1. The van der Waals surface area contributed by atoms with Crippen molar-refractivity contribution in [2.45, 2.75) is 33.5 Å². The third-order valence-electron chi connectivity index (χ3n) is 6.90. The lowest BCUT2D eigenvalue weighted by molar-refractivity contribution is 0.0947. The fourth-order valence-corrected chi connectivity index (χ4v) is 4.77. The number of primary amides is 1. The van der Waals surface area contributed by atoms with Gasteiger partial charge in [-0.1, -0.05) is 26.0 Å². The number of hydrogen-bond donors (Lipinski definition) is 3. The molecule has 8 nitrogen and oxygen atoms in total. The van der Waals surface area contributed by atoms with Crippen LogP contribution in [0, 0.1) is 11.7 Å². The zero-order valence-electron chi connectivity index (χ0n) is 23.9. The summed E-state index contributed by atoms with van der Waals surface area (Å²) in [4.78, 5) is 29.8. The topological polar surface area (TPSA) is 128 Å². The van der Waals surface area contributed by atoms with E-state index in [0.29, 0.717) is 58.1 Å². The molecule has 0 atom stereocenters. The van der Waals surface area contributed by atoms with E-state index in [1.54, 1.807) is 36.4 Å². The first-order valence-corrected chi connectivity index (χ1v) is 13.9. The van der Waals surface area contributed by atoms with E-state index in [1.807, 2.05) is 32.0 Å². The molecule has 0 bridgehead atoms. The molecule has 0 aliphatic rings. The molecule has 0 fully saturated rings. The second-order valence-electron chi connectivity index (χ2n) is 10.7. The standard InChI is InChI=1S/C34H32FN3O5/c1-20(2)17-37-34(41)23-9-13-29(42-19-27-5-3-4-26(18-39)38-27)24(16-23)14-21-6-12-30-28(15-21)31(33(36)40)32(43-30)22-7-10-25(35)11-8-22/h3-13,15-16,20,39H,14,17-19H2,1-2H3,(H2,36,40)(H,37,41). The number of amides is 2. The van der Waals surface area contributed by atoms with Crippen LogP contribution in [0.1, 0.15) is 57.1 Å². The maximum Gasteiger partial charge on any atom is 0.253 e. The molecular weight excluding hydrogens is 549 g/mol. The van der Waals surface area contributed by atoms with E-state index in [4.69, 9.17) is 14.9 Å². The van der Waals surface area contributed by atoms with E-state index in [1.165, 1.54) is 24.3 Å². The minimum Gasteiger partial charge on any atom is -0.487 e. The number of rotatable bonds is 11. The Kier molecular flexibility index (Phi) is 8.82. The number of aliphatic hydroxyl groups is 1. The summed E-state index contributed by atoms with van der Waals surface area (Å²) in [5.41, 5.74) is 10.2.